The molecule has 0 radical (unpaired) electrons. The van der Waals surface area contributed by atoms with Crippen molar-refractivity contribution in [1.29, 1.82) is 0 Å². The lowest BCUT2D eigenvalue weighted by Gasteiger charge is -2.34. The van der Waals surface area contributed by atoms with Crippen molar-refractivity contribution in [1.82, 2.24) is 40.5 Å². The predicted molar refractivity (Wildman–Crippen MR) is 535 cm³/mol. The van der Waals surface area contributed by atoms with Gasteiger partial charge in [0.25, 0.3) is 5.84 Å². The monoisotopic (exact) mass is 1750 g/mol. The average molecular weight is 1760 g/mol. The van der Waals surface area contributed by atoms with Crippen LogP contribution in [0.15, 0.2) is 427 Å². The Kier molecular flexibility index (Phi) is 24.6. The van der Waals surface area contributed by atoms with Crippen LogP contribution in [0.2, 0.25) is 0 Å². The van der Waals surface area contributed by atoms with Crippen LogP contribution < -0.4 is 34.2 Å². The molecule has 0 amide bonds. The van der Waals surface area contributed by atoms with Gasteiger partial charge in [0.05, 0.1) is 73.9 Å². The van der Waals surface area contributed by atoms with Crippen molar-refractivity contribution in [3.63, 3.8) is 0 Å². The van der Waals surface area contributed by atoms with Crippen molar-refractivity contribution in [2.45, 2.75) is 63.5 Å². The van der Waals surface area contributed by atoms with E-state index in [0.717, 1.165) is 167 Å². The predicted octanol–water partition coefficient (Wildman–Crippen LogP) is 20.6. The standard InChI is InChI=1S/C63H47N7.C49H35N3O2.C7H8N2.ClH/c1-7-20-40(21-8-1)50-38-54(42-24-11-3-12-25-42)65-58-46(50)34-36-48-56(67-62(69-60(48)58)44-28-15-5-16-29-44)52-32-19-33-53(64-52)57-49-37-35-47-51(41-22-9-2-10-23-41)39-55(43-26-13-4-14-27-43)66-59(47)61(49)70-63(68-57)45-30-17-6-18-31-45;53-48-36(24-26-40-42(32-14-5-1-6-15-32)30-44(51-46(40)48)34-18-9-3-10-19-34)28-38-22-13-23-39(50-38)29-37-25-27-41-43(33-16-7-2-8-17-33)31-45(52-47(41)49(37)54)35-20-11-4-12-21-35;8-7(9)6-4-2-1-3-5-6;/h1-33,38-39,56-57H,34-37H2,(H,67,69)(H,68,70);1-23,28-31H,24-27H2;1-5H,(H3,8,9);1H/b;36-28+,37-29+;;. The fourth-order valence-corrected chi connectivity index (χ4v) is 18.9. The molecule has 6 aromatic heterocycles. The highest BCUT2D eigenvalue weighted by Crippen LogP contribution is 2.49. The molecule has 0 fully saturated rings. The first-order valence-electron chi connectivity index (χ1n) is 45.3. The number of fused-ring (bicyclic) bond motifs is 6. The number of aromatic nitrogens is 6. The third-order valence-corrected chi connectivity index (χ3v) is 25.5. The molecule has 8 heterocycles. The lowest BCUT2D eigenvalue weighted by Crippen LogP contribution is -3.00. The Morgan fingerprint density at radius 1 is 0.284 bits per heavy atom. The zero-order chi connectivity index (χ0) is 89.5. The number of pyridine rings is 6. The summed E-state index contributed by atoms with van der Waals surface area (Å²) >= 11 is 0. The number of nitrogens with two attached hydrogens (primary N) is 2. The summed E-state index contributed by atoms with van der Waals surface area (Å²) in [5.41, 5.74) is 40.9. The Hall–Kier alpha value is -16.7. The highest BCUT2D eigenvalue weighted by molar-refractivity contribution is 6.15. The number of nitrogens with zero attached hydrogens (tertiary/aromatic N) is 8. The van der Waals surface area contributed by atoms with Crippen molar-refractivity contribution >= 4 is 52.6 Å². The molecule has 2 unspecified atom stereocenters. The van der Waals surface area contributed by atoms with Crippen molar-refractivity contribution in [2.24, 2.45) is 15.7 Å². The number of hydrogen-bond donors (Lipinski definition) is 4. The van der Waals surface area contributed by atoms with E-state index in [4.69, 9.17) is 51.0 Å². The number of nitrogens with one attached hydrogen (secondary N) is 2. The molecule has 15 heteroatoms. The van der Waals surface area contributed by atoms with Gasteiger partial charge in [0, 0.05) is 44.5 Å². The molecular formula is C119H91ClN12O2. The largest absolute Gasteiger partial charge is 1.00 e. The van der Waals surface area contributed by atoms with Gasteiger partial charge in [-0.25, -0.2) is 24.9 Å². The lowest BCUT2D eigenvalue weighted by molar-refractivity contribution is -0.114. The van der Waals surface area contributed by atoms with Gasteiger partial charge < -0.3 is 23.0 Å². The fourth-order valence-electron chi connectivity index (χ4n) is 18.9. The Morgan fingerprint density at radius 2 is 0.545 bits per heavy atom. The summed E-state index contributed by atoms with van der Waals surface area (Å²) in [4.78, 5) is 71.0. The Morgan fingerprint density at radius 3 is 0.843 bits per heavy atom. The van der Waals surface area contributed by atoms with E-state index in [0.29, 0.717) is 65.4 Å². The van der Waals surface area contributed by atoms with Crippen molar-refractivity contribution in [3.05, 3.63) is 501 Å². The number of rotatable bonds is 15. The molecule has 4 aliphatic carbocycles. The van der Waals surface area contributed by atoms with E-state index >= 15 is 0 Å². The quantitative estimate of drug-likeness (QED) is 0.0431. The van der Waals surface area contributed by atoms with Gasteiger partial charge in [-0.3, -0.25) is 35.7 Å². The molecule has 2 atom stereocenters. The molecule has 134 heavy (non-hydrogen) atoms. The minimum Gasteiger partial charge on any atom is -1.00 e. The van der Waals surface area contributed by atoms with Crippen molar-refractivity contribution in [3.8, 4) is 89.5 Å². The van der Waals surface area contributed by atoms with Gasteiger partial charge >= 0.3 is 0 Å². The second-order valence-electron chi connectivity index (χ2n) is 33.8. The number of Topliss-reactive ketones (excluding diaryl/α,β-unsaturated/α-hetero) is 2. The van der Waals surface area contributed by atoms with Crippen LogP contribution in [0, 0.1) is 0 Å². The summed E-state index contributed by atoms with van der Waals surface area (Å²) in [5.74, 6) is 1.81. The second-order valence-corrected chi connectivity index (χ2v) is 33.8. The minimum atomic E-state index is -0.356. The van der Waals surface area contributed by atoms with Gasteiger partial charge in [-0.15, -0.1) is 0 Å². The van der Waals surface area contributed by atoms with E-state index in [1.165, 1.54) is 44.5 Å². The van der Waals surface area contributed by atoms with Gasteiger partial charge in [0.15, 0.2) is 0 Å². The van der Waals surface area contributed by atoms with Gasteiger partial charge in [-0.2, -0.15) is 0 Å². The van der Waals surface area contributed by atoms with Crippen LogP contribution in [0.4, 0.5) is 0 Å². The van der Waals surface area contributed by atoms with Gasteiger partial charge in [0.2, 0.25) is 11.6 Å². The normalized spacial score (nSPS) is 15.6. The van der Waals surface area contributed by atoms with Gasteiger partial charge in [-0.1, -0.05) is 334 Å². The van der Waals surface area contributed by atoms with Crippen molar-refractivity contribution in [2.75, 3.05) is 0 Å². The maximum Gasteiger partial charge on any atom is 0.270 e. The number of hydrogen-bond acceptors (Lipinski definition) is 12. The van der Waals surface area contributed by atoms with Crippen molar-refractivity contribution < 1.29 is 27.4 Å². The second kappa shape index (κ2) is 38.5. The molecule has 6 N–H and O–H groups in total. The number of allylic oxidation sites excluding steroid dienone is 2. The molecule has 2 aliphatic heterocycles. The Bertz CT molecular complexity index is 7100. The molecule has 0 spiro atoms. The van der Waals surface area contributed by atoms with Crippen LogP contribution in [0.25, 0.3) is 113 Å². The first kappa shape index (κ1) is 85.4. The van der Waals surface area contributed by atoms with Crippen LogP contribution in [0.5, 0.6) is 0 Å². The smallest absolute Gasteiger partial charge is 0.270 e. The van der Waals surface area contributed by atoms with Crippen LogP contribution in [-0.4, -0.2) is 59.0 Å². The summed E-state index contributed by atoms with van der Waals surface area (Å²) in [6.45, 7) is 0. The van der Waals surface area contributed by atoms with E-state index in [2.05, 4.69) is 247 Å². The maximum absolute atomic E-state index is 14.2. The summed E-state index contributed by atoms with van der Waals surface area (Å²) in [6, 6.07) is 133. The molecule has 0 saturated carbocycles. The number of carbonyl (C=O) groups excluding carboxylic acids is 2. The third-order valence-electron chi connectivity index (χ3n) is 25.5. The molecule has 17 aromatic rings. The fraction of sp³-hybridized carbons (Fsp3) is 0.0840. The summed E-state index contributed by atoms with van der Waals surface area (Å²) < 4.78 is 0. The number of ketones is 2. The van der Waals surface area contributed by atoms with E-state index in [-0.39, 0.29) is 36.1 Å². The first-order valence-corrected chi connectivity index (χ1v) is 45.3. The van der Waals surface area contributed by atoms with Crippen LogP contribution in [0.1, 0.15) is 132 Å². The average Bonchev–Trinajstić information content (AvgIpc) is 0.731. The molecule has 14 nitrogen and oxygen atoms in total. The molecule has 23 rings (SSSR count). The van der Waals surface area contributed by atoms with E-state index in [1.54, 1.807) is 0 Å². The number of halogens is 1. The van der Waals surface area contributed by atoms with E-state index in [1.807, 2.05) is 170 Å². The maximum atomic E-state index is 14.2. The van der Waals surface area contributed by atoms with Gasteiger partial charge in [0.1, 0.15) is 35.1 Å². The molecule has 646 valence electrons. The highest BCUT2D eigenvalue weighted by atomic mass is 35.5. The zero-order valence-electron chi connectivity index (χ0n) is 73.4. The summed E-state index contributed by atoms with van der Waals surface area (Å²) in [7, 11) is 0. The molecular weight excluding hydrogens is 1660 g/mol. The van der Waals surface area contributed by atoms with E-state index in [9.17, 15) is 9.59 Å². The number of aliphatic imine (C=N–C) groups is 2. The summed E-state index contributed by atoms with van der Waals surface area (Å²) in [6.07, 6.45) is 9.57. The topological polar surface area (TPSA) is 212 Å². The summed E-state index contributed by atoms with van der Waals surface area (Å²) in [5, 5.41) is 13.0. The zero-order valence-corrected chi connectivity index (χ0v) is 74.2. The minimum absolute atomic E-state index is 0. The van der Waals surface area contributed by atoms with Crippen LogP contribution in [-0.2, 0) is 25.7 Å². The van der Waals surface area contributed by atoms with Crippen LogP contribution >= 0.6 is 0 Å². The molecule has 0 saturated heterocycles. The highest BCUT2D eigenvalue weighted by Gasteiger charge is 2.39. The Balaban J connectivity index is 0.000000155. The van der Waals surface area contributed by atoms with Gasteiger partial charge in [-0.05, 0) is 202 Å². The lowest BCUT2D eigenvalue weighted by atomic mass is 9.82. The van der Waals surface area contributed by atoms with Crippen LogP contribution in [0.3, 0.4) is 0 Å². The number of amidine groups is 3. The SMILES string of the molecule is NC(=[NH2+])c1ccccc1.O=C1/C(=C/c2cccc(/C=C3\CCc4c(-c5ccccc5)cc(-c5ccccc5)nc4C3=O)n2)CCc2c(-c3ccccc3)cc(-c3ccccc3)nc21.[Cl-].c1ccc(C2=NC(c3cccc(C4N=C(c5ccccc5)NC5=C4CCc4c(-c6ccccc6)cc(-c6ccccc6)nc45)n3)C3=C(N2)c2nc(-c4ccccc4)cc(-c4ccccc4)c2CC3)cc1. The molecule has 0 bridgehead atoms. The number of benzene rings is 11. The Labute approximate surface area is 785 Å². The molecule has 11 aromatic carbocycles. The third kappa shape index (κ3) is 17.8. The molecule has 6 aliphatic rings. The first-order chi connectivity index (χ1) is 65.6. The van der Waals surface area contributed by atoms with E-state index < -0.39 is 0 Å². The number of carbonyl (C=O) groups is 2.